The van der Waals surface area contributed by atoms with E-state index < -0.39 is 0 Å². The molecular weight excluding hydrogens is 267 g/mol. The molecule has 1 rings (SSSR count). The van der Waals surface area contributed by atoms with Gasteiger partial charge in [-0.1, -0.05) is 23.7 Å². The van der Waals surface area contributed by atoms with E-state index in [4.69, 9.17) is 22.2 Å². The maximum Gasteiger partial charge on any atom is 0.0708 e. The summed E-state index contributed by atoms with van der Waals surface area (Å²) in [5.41, 5.74) is 3.58. The van der Waals surface area contributed by atoms with Gasteiger partial charge in [0.25, 0.3) is 0 Å². The lowest BCUT2D eigenvalue weighted by Gasteiger charge is -2.17. The Hall–Kier alpha value is -0.130. The Kier molecular flexibility index (Phi) is 4.84. The summed E-state index contributed by atoms with van der Waals surface area (Å²) in [6, 6.07) is 5.61. The molecule has 78 valence electrons. The first-order valence-corrected chi connectivity index (χ1v) is 5.26. The highest BCUT2D eigenvalue weighted by molar-refractivity contribution is 9.10. The SMILES string of the molecule is COCC(NN)c1cccc(Br)c1Cl. The number of halogens is 2. The number of nitrogens with one attached hydrogen (secondary N) is 1. The molecule has 0 aliphatic carbocycles. The van der Waals surface area contributed by atoms with Crippen molar-refractivity contribution in [2.75, 3.05) is 13.7 Å². The monoisotopic (exact) mass is 278 g/mol. The molecule has 0 fully saturated rings. The van der Waals surface area contributed by atoms with Gasteiger partial charge in [0.2, 0.25) is 0 Å². The first-order chi connectivity index (χ1) is 6.70. The molecule has 0 saturated heterocycles. The van der Waals surface area contributed by atoms with Crippen molar-refractivity contribution in [3.05, 3.63) is 33.3 Å². The van der Waals surface area contributed by atoms with Crippen LogP contribution in [-0.2, 0) is 4.74 Å². The third-order valence-corrected chi connectivity index (χ3v) is 3.20. The minimum Gasteiger partial charge on any atom is -0.383 e. The van der Waals surface area contributed by atoms with Gasteiger partial charge < -0.3 is 4.74 Å². The van der Waals surface area contributed by atoms with E-state index in [-0.39, 0.29) is 6.04 Å². The molecule has 0 aromatic heterocycles. The molecule has 3 nitrogen and oxygen atoms in total. The van der Waals surface area contributed by atoms with Gasteiger partial charge >= 0.3 is 0 Å². The zero-order valence-electron chi connectivity index (χ0n) is 7.76. The van der Waals surface area contributed by atoms with Crippen molar-refractivity contribution in [3.8, 4) is 0 Å². The number of hydrogen-bond donors (Lipinski definition) is 2. The Morgan fingerprint density at radius 1 is 1.64 bits per heavy atom. The summed E-state index contributed by atoms with van der Waals surface area (Å²) in [5.74, 6) is 5.41. The van der Waals surface area contributed by atoms with Crippen LogP contribution >= 0.6 is 27.5 Å². The second-order valence-electron chi connectivity index (χ2n) is 2.82. The molecule has 0 aliphatic rings. The molecular formula is C9H12BrClN2O. The van der Waals surface area contributed by atoms with Crippen molar-refractivity contribution < 1.29 is 4.74 Å². The van der Waals surface area contributed by atoms with Crippen LogP contribution in [0.1, 0.15) is 11.6 Å². The smallest absolute Gasteiger partial charge is 0.0708 e. The molecule has 0 radical (unpaired) electrons. The first-order valence-electron chi connectivity index (χ1n) is 4.09. The Labute approximate surface area is 96.7 Å². The van der Waals surface area contributed by atoms with E-state index in [9.17, 15) is 0 Å². The number of hydrogen-bond acceptors (Lipinski definition) is 3. The molecule has 0 spiro atoms. The summed E-state index contributed by atoms with van der Waals surface area (Å²) < 4.78 is 5.88. The van der Waals surface area contributed by atoms with Crippen molar-refractivity contribution in [2.24, 2.45) is 5.84 Å². The van der Waals surface area contributed by atoms with Crippen LogP contribution in [0.4, 0.5) is 0 Å². The quantitative estimate of drug-likeness (QED) is 0.656. The molecule has 14 heavy (non-hydrogen) atoms. The topological polar surface area (TPSA) is 47.3 Å². The average Bonchev–Trinajstić information content (AvgIpc) is 2.19. The third-order valence-electron chi connectivity index (χ3n) is 1.89. The van der Waals surface area contributed by atoms with Crippen LogP contribution in [0, 0.1) is 0 Å². The molecule has 0 bridgehead atoms. The van der Waals surface area contributed by atoms with E-state index in [1.165, 1.54) is 0 Å². The van der Waals surface area contributed by atoms with E-state index in [1.54, 1.807) is 7.11 Å². The Morgan fingerprint density at radius 3 is 2.93 bits per heavy atom. The van der Waals surface area contributed by atoms with E-state index >= 15 is 0 Å². The predicted octanol–water partition coefficient (Wildman–Crippen LogP) is 2.25. The van der Waals surface area contributed by atoms with Crippen LogP contribution in [0.15, 0.2) is 22.7 Å². The van der Waals surface area contributed by atoms with Gasteiger partial charge in [-0.25, -0.2) is 0 Å². The summed E-state index contributed by atoms with van der Waals surface area (Å²) in [5, 5.41) is 0.660. The van der Waals surface area contributed by atoms with Gasteiger partial charge in [0.05, 0.1) is 17.7 Å². The van der Waals surface area contributed by atoms with Crippen molar-refractivity contribution in [1.82, 2.24) is 5.43 Å². The predicted molar refractivity (Wildman–Crippen MR) is 61.1 cm³/mol. The molecule has 0 saturated carbocycles. The number of benzene rings is 1. The molecule has 1 aromatic carbocycles. The lowest BCUT2D eigenvalue weighted by atomic mass is 10.1. The molecule has 0 amide bonds. The van der Waals surface area contributed by atoms with Crippen molar-refractivity contribution in [1.29, 1.82) is 0 Å². The summed E-state index contributed by atoms with van der Waals surface area (Å²) >= 11 is 9.46. The minimum atomic E-state index is -0.0926. The van der Waals surface area contributed by atoms with Gasteiger partial charge in [-0.3, -0.25) is 11.3 Å². The van der Waals surface area contributed by atoms with Crippen molar-refractivity contribution in [3.63, 3.8) is 0 Å². The molecule has 0 heterocycles. The van der Waals surface area contributed by atoms with Crippen molar-refractivity contribution in [2.45, 2.75) is 6.04 Å². The Bertz CT molecular complexity index is 309. The molecule has 0 aliphatic heterocycles. The van der Waals surface area contributed by atoms with Gasteiger partial charge in [-0.15, -0.1) is 0 Å². The average molecular weight is 280 g/mol. The second kappa shape index (κ2) is 5.68. The van der Waals surface area contributed by atoms with Crippen LogP contribution < -0.4 is 11.3 Å². The number of nitrogens with two attached hydrogens (primary N) is 1. The highest BCUT2D eigenvalue weighted by Crippen LogP contribution is 2.29. The van der Waals surface area contributed by atoms with E-state index in [1.807, 2.05) is 18.2 Å². The number of methoxy groups -OCH3 is 1. The van der Waals surface area contributed by atoms with E-state index in [2.05, 4.69) is 21.4 Å². The molecule has 1 atom stereocenters. The molecule has 1 unspecified atom stereocenters. The number of rotatable bonds is 4. The van der Waals surface area contributed by atoms with Crippen LogP contribution in [0.2, 0.25) is 5.02 Å². The van der Waals surface area contributed by atoms with Crippen molar-refractivity contribution >= 4 is 27.5 Å². The first kappa shape index (κ1) is 11.9. The van der Waals surface area contributed by atoms with Crippen LogP contribution in [0.3, 0.4) is 0 Å². The van der Waals surface area contributed by atoms with Gasteiger partial charge in [0, 0.05) is 11.6 Å². The normalized spacial score (nSPS) is 12.9. The molecule has 1 aromatic rings. The van der Waals surface area contributed by atoms with Gasteiger partial charge in [-0.2, -0.15) is 0 Å². The van der Waals surface area contributed by atoms with Gasteiger partial charge in [-0.05, 0) is 27.6 Å². The highest BCUT2D eigenvalue weighted by Gasteiger charge is 2.14. The fraction of sp³-hybridized carbons (Fsp3) is 0.333. The highest BCUT2D eigenvalue weighted by atomic mass is 79.9. The lowest BCUT2D eigenvalue weighted by molar-refractivity contribution is 0.167. The summed E-state index contributed by atoms with van der Waals surface area (Å²) in [6.07, 6.45) is 0. The Balaban J connectivity index is 2.97. The molecule has 5 heteroatoms. The van der Waals surface area contributed by atoms with Crippen LogP contribution in [-0.4, -0.2) is 13.7 Å². The van der Waals surface area contributed by atoms with Crippen LogP contribution in [0.5, 0.6) is 0 Å². The van der Waals surface area contributed by atoms with Gasteiger partial charge in [0.1, 0.15) is 0 Å². The third kappa shape index (κ3) is 2.68. The van der Waals surface area contributed by atoms with Crippen LogP contribution in [0.25, 0.3) is 0 Å². The summed E-state index contributed by atoms with van der Waals surface area (Å²) in [7, 11) is 1.62. The Morgan fingerprint density at radius 2 is 2.36 bits per heavy atom. The zero-order chi connectivity index (χ0) is 10.6. The standard InChI is InChI=1S/C9H12BrClN2O/c1-14-5-8(13-12)6-3-2-4-7(10)9(6)11/h2-4,8,13H,5,12H2,1H3. The molecule has 3 N–H and O–H groups in total. The minimum absolute atomic E-state index is 0.0926. The maximum absolute atomic E-state index is 6.10. The van der Waals surface area contributed by atoms with Gasteiger partial charge in [0.15, 0.2) is 0 Å². The second-order valence-corrected chi connectivity index (χ2v) is 4.05. The lowest BCUT2D eigenvalue weighted by Crippen LogP contribution is -2.31. The largest absolute Gasteiger partial charge is 0.383 e. The van der Waals surface area contributed by atoms with E-state index in [0.29, 0.717) is 11.6 Å². The maximum atomic E-state index is 6.10. The van der Waals surface area contributed by atoms with E-state index in [0.717, 1.165) is 10.0 Å². The fourth-order valence-electron chi connectivity index (χ4n) is 1.18. The summed E-state index contributed by atoms with van der Waals surface area (Å²) in [6.45, 7) is 0.479. The summed E-state index contributed by atoms with van der Waals surface area (Å²) in [4.78, 5) is 0. The zero-order valence-corrected chi connectivity index (χ0v) is 10.1. The number of ether oxygens (including phenoxy) is 1. The fourth-order valence-corrected chi connectivity index (χ4v) is 1.82. The number of hydrazine groups is 1.